The number of likely N-dealkylation sites (tertiary alicyclic amines) is 1. The summed E-state index contributed by atoms with van der Waals surface area (Å²) in [6.45, 7) is 0.831. The Labute approximate surface area is 157 Å². The van der Waals surface area contributed by atoms with Crippen molar-refractivity contribution >= 4 is 17.2 Å². The van der Waals surface area contributed by atoms with Gasteiger partial charge in [0, 0.05) is 35.4 Å². The first-order valence-electron chi connectivity index (χ1n) is 9.10. The number of piperidine rings is 1. The van der Waals surface area contributed by atoms with Crippen LogP contribution in [0.15, 0.2) is 48.1 Å². The van der Waals surface area contributed by atoms with Crippen LogP contribution in [0.3, 0.4) is 0 Å². The van der Waals surface area contributed by atoms with Crippen molar-refractivity contribution in [1.82, 2.24) is 20.1 Å². The Morgan fingerprint density at radius 2 is 2.15 bits per heavy atom. The van der Waals surface area contributed by atoms with E-state index in [1.807, 2.05) is 23.1 Å². The summed E-state index contributed by atoms with van der Waals surface area (Å²) in [5, 5.41) is 9.36. The molecule has 0 aromatic carbocycles. The van der Waals surface area contributed by atoms with E-state index >= 15 is 0 Å². The highest BCUT2D eigenvalue weighted by atomic mass is 32.1. The number of nitrogens with one attached hydrogen (secondary N) is 1. The van der Waals surface area contributed by atoms with E-state index in [2.05, 4.69) is 32.7 Å². The van der Waals surface area contributed by atoms with Crippen LogP contribution in [0.25, 0.3) is 11.3 Å². The Balaban J connectivity index is 1.47. The molecule has 134 valence electrons. The average Bonchev–Trinajstić information content (AvgIpc) is 3.39. The van der Waals surface area contributed by atoms with Crippen LogP contribution in [0.2, 0.25) is 0 Å². The maximum absolute atomic E-state index is 13.1. The molecule has 1 N–H and O–H groups in total. The Morgan fingerprint density at radius 1 is 1.27 bits per heavy atom. The third-order valence-electron chi connectivity index (χ3n) is 4.98. The SMILES string of the molecule is O=C(c1cc(-c2ccncc2)n[nH]1)N1CCCC[C@H]1CCc1cccs1. The van der Waals surface area contributed by atoms with E-state index < -0.39 is 0 Å². The standard InChI is InChI=1S/C20H22N4OS/c25-20(19-14-18(22-23-19)15-8-10-21-11-9-15)24-12-2-1-4-16(24)6-7-17-5-3-13-26-17/h3,5,8-11,13-14,16H,1-2,4,6-7,12H2,(H,22,23)/t16-/m0/s1. The van der Waals surface area contributed by atoms with Gasteiger partial charge in [0.15, 0.2) is 0 Å². The second kappa shape index (κ2) is 7.83. The summed E-state index contributed by atoms with van der Waals surface area (Å²) in [4.78, 5) is 20.5. The maximum atomic E-state index is 13.1. The van der Waals surface area contributed by atoms with E-state index in [-0.39, 0.29) is 5.91 Å². The number of amides is 1. The molecule has 1 fully saturated rings. The minimum atomic E-state index is 0.0636. The molecule has 0 aliphatic carbocycles. The highest BCUT2D eigenvalue weighted by Gasteiger charge is 2.28. The number of aromatic nitrogens is 3. The third kappa shape index (κ3) is 3.70. The molecule has 6 heteroatoms. The third-order valence-corrected chi connectivity index (χ3v) is 5.91. The number of carbonyl (C=O) groups is 1. The molecule has 3 aromatic rings. The van der Waals surface area contributed by atoms with E-state index in [0.717, 1.165) is 43.5 Å². The zero-order chi connectivity index (χ0) is 17.8. The normalized spacial score (nSPS) is 17.4. The molecule has 1 amide bonds. The van der Waals surface area contributed by atoms with E-state index in [9.17, 15) is 4.79 Å². The van der Waals surface area contributed by atoms with Gasteiger partial charge in [0.2, 0.25) is 0 Å². The number of aromatic amines is 1. The Kier molecular flexibility index (Phi) is 5.11. The van der Waals surface area contributed by atoms with Gasteiger partial charge in [-0.2, -0.15) is 5.10 Å². The predicted molar refractivity (Wildman–Crippen MR) is 103 cm³/mol. The van der Waals surface area contributed by atoms with Crippen LogP contribution in [0.5, 0.6) is 0 Å². The van der Waals surface area contributed by atoms with Crippen molar-refractivity contribution in [2.24, 2.45) is 0 Å². The molecule has 0 unspecified atom stereocenters. The summed E-state index contributed by atoms with van der Waals surface area (Å²) < 4.78 is 0. The van der Waals surface area contributed by atoms with Crippen molar-refractivity contribution in [1.29, 1.82) is 0 Å². The summed E-state index contributed by atoms with van der Waals surface area (Å²) in [6.07, 6.45) is 8.89. The van der Waals surface area contributed by atoms with E-state index in [4.69, 9.17) is 0 Å². The first-order valence-corrected chi connectivity index (χ1v) is 9.98. The van der Waals surface area contributed by atoms with Gasteiger partial charge < -0.3 is 4.90 Å². The fourth-order valence-corrected chi connectivity index (χ4v) is 4.31. The van der Waals surface area contributed by atoms with Crippen molar-refractivity contribution in [3.05, 3.63) is 58.7 Å². The summed E-state index contributed by atoms with van der Waals surface area (Å²) >= 11 is 1.79. The van der Waals surface area contributed by atoms with Crippen LogP contribution in [0, 0.1) is 0 Å². The van der Waals surface area contributed by atoms with Gasteiger partial charge in [0.05, 0.1) is 5.69 Å². The van der Waals surface area contributed by atoms with Crippen molar-refractivity contribution in [2.45, 2.75) is 38.1 Å². The number of carbonyl (C=O) groups excluding carboxylic acids is 1. The van der Waals surface area contributed by atoms with Gasteiger partial charge in [0.25, 0.3) is 5.91 Å². The molecule has 1 aliphatic rings. The largest absolute Gasteiger partial charge is 0.334 e. The summed E-state index contributed by atoms with van der Waals surface area (Å²) in [5.41, 5.74) is 2.31. The molecular weight excluding hydrogens is 344 g/mol. The molecule has 4 rings (SSSR count). The molecule has 1 saturated heterocycles. The minimum absolute atomic E-state index is 0.0636. The topological polar surface area (TPSA) is 61.9 Å². The van der Waals surface area contributed by atoms with Crippen LogP contribution < -0.4 is 0 Å². The number of pyridine rings is 1. The second-order valence-electron chi connectivity index (χ2n) is 6.67. The molecule has 5 nitrogen and oxygen atoms in total. The molecule has 3 aromatic heterocycles. The Hall–Kier alpha value is -2.47. The summed E-state index contributed by atoms with van der Waals surface area (Å²) in [5.74, 6) is 0.0636. The minimum Gasteiger partial charge on any atom is -0.334 e. The molecule has 1 atom stereocenters. The number of H-pyrrole nitrogens is 1. The van der Waals surface area contributed by atoms with Gasteiger partial charge in [-0.1, -0.05) is 6.07 Å². The fourth-order valence-electron chi connectivity index (χ4n) is 3.59. The van der Waals surface area contributed by atoms with Gasteiger partial charge >= 0.3 is 0 Å². The van der Waals surface area contributed by atoms with Crippen LogP contribution >= 0.6 is 11.3 Å². The van der Waals surface area contributed by atoms with Gasteiger partial charge in [-0.3, -0.25) is 14.9 Å². The zero-order valence-electron chi connectivity index (χ0n) is 14.6. The van der Waals surface area contributed by atoms with E-state index in [0.29, 0.717) is 11.7 Å². The van der Waals surface area contributed by atoms with Gasteiger partial charge in [0.1, 0.15) is 5.69 Å². The monoisotopic (exact) mass is 366 g/mol. The number of hydrogen-bond donors (Lipinski definition) is 1. The number of aryl methyl sites for hydroxylation is 1. The average molecular weight is 366 g/mol. The first-order chi connectivity index (χ1) is 12.8. The van der Waals surface area contributed by atoms with E-state index in [1.165, 1.54) is 11.3 Å². The van der Waals surface area contributed by atoms with Gasteiger partial charge in [-0.15, -0.1) is 11.3 Å². The predicted octanol–water partition coefficient (Wildman–Crippen LogP) is 4.16. The number of thiophene rings is 1. The van der Waals surface area contributed by atoms with Crippen molar-refractivity contribution < 1.29 is 4.79 Å². The number of hydrogen-bond acceptors (Lipinski definition) is 4. The highest BCUT2D eigenvalue weighted by molar-refractivity contribution is 7.09. The molecular formula is C20H22N4OS. The molecule has 1 aliphatic heterocycles. The zero-order valence-corrected chi connectivity index (χ0v) is 15.4. The lowest BCUT2D eigenvalue weighted by Crippen LogP contribution is -2.44. The lowest BCUT2D eigenvalue weighted by Gasteiger charge is -2.35. The van der Waals surface area contributed by atoms with Crippen LogP contribution in [-0.4, -0.2) is 38.6 Å². The van der Waals surface area contributed by atoms with Crippen LogP contribution in [0.4, 0.5) is 0 Å². The van der Waals surface area contributed by atoms with Gasteiger partial charge in [-0.25, -0.2) is 0 Å². The second-order valence-corrected chi connectivity index (χ2v) is 7.70. The van der Waals surface area contributed by atoms with Crippen LogP contribution in [-0.2, 0) is 6.42 Å². The number of rotatable bonds is 5. The molecule has 0 radical (unpaired) electrons. The first kappa shape index (κ1) is 17.0. The van der Waals surface area contributed by atoms with Gasteiger partial charge in [-0.05, 0) is 61.7 Å². The molecule has 0 bridgehead atoms. The molecule has 4 heterocycles. The molecule has 26 heavy (non-hydrogen) atoms. The van der Waals surface area contributed by atoms with Crippen molar-refractivity contribution in [3.63, 3.8) is 0 Å². The Bertz CT molecular complexity index is 844. The van der Waals surface area contributed by atoms with Crippen molar-refractivity contribution in [2.75, 3.05) is 6.54 Å². The Morgan fingerprint density at radius 3 is 2.96 bits per heavy atom. The maximum Gasteiger partial charge on any atom is 0.272 e. The summed E-state index contributed by atoms with van der Waals surface area (Å²) in [6, 6.07) is 10.2. The quantitative estimate of drug-likeness (QED) is 0.737. The lowest BCUT2D eigenvalue weighted by atomic mass is 9.97. The highest BCUT2D eigenvalue weighted by Crippen LogP contribution is 2.25. The fraction of sp³-hybridized carbons (Fsp3) is 0.350. The lowest BCUT2D eigenvalue weighted by molar-refractivity contribution is 0.0596. The van der Waals surface area contributed by atoms with Crippen molar-refractivity contribution in [3.8, 4) is 11.3 Å². The molecule has 0 spiro atoms. The van der Waals surface area contributed by atoms with Crippen LogP contribution in [0.1, 0.15) is 41.0 Å². The summed E-state index contributed by atoms with van der Waals surface area (Å²) in [7, 11) is 0. The smallest absolute Gasteiger partial charge is 0.272 e. The molecule has 0 saturated carbocycles. The van der Waals surface area contributed by atoms with E-state index in [1.54, 1.807) is 23.7 Å². The number of nitrogens with zero attached hydrogens (tertiary/aromatic N) is 3.